The normalized spacial score (nSPS) is 13.7. The maximum atomic E-state index is 12.3. The molecule has 0 spiro atoms. The first-order valence-electron chi connectivity index (χ1n) is 6.73. The van der Waals surface area contributed by atoms with Gasteiger partial charge in [0.15, 0.2) is 0 Å². The van der Waals surface area contributed by atoms with Gasteiger partial charge in [-0.2, -0.15) is 11.8 Å². The van der Waals surface area contributed by atoms with Crippen molar-refractivity contribution in [1.82, 2.24) is 5.32 Å². The van der Waals surface area contributed by atoms with Gasteiger partial charge in [0.1, 0.15) is 0 Å². The predicted octanol–water partition coefficient (Wildman–Crippen LogP) is 2.79. The molecule has 2 unspecified atom stereocenters. The van der Waals surface area contributed by atoms with E-state index in [1.54, 1.807) is 18.6 Å². The third-order valence-electron chi connectivity index (χ3n) is 3.38. The van der Waals surface area contributed by atoms with Gasteiger partial charge in [-0.15, -0.1) is 0 Å². The van der Waals surface area contributed by atoms with Crippen LogP contribution in [0.2, 0.25) is 0 Å². The third kappa shape index (κ3) is 3.89. The first kappa shape index (κ1) is 15.7. The fourth-order valence-electron chi connectivity index (χ4n) is 2.09. The summed E-state index contributed by atoms with van der Waals surface area (Å²) in [6.45, 7) is 1.94. The molecule has 21 heavy (non-hydrogen) atoms. The summed E-state index contributed by atoms with van der Waals surface area (Å²) in [5, 5.41) is 12.2. The van der Waals surface area contributed by atoms with Gasteiger partial charge in [-0.05, 0) is 36.9 Å². The van der Waals surface area contributed by atoms with Gasteiger partial charge in [0.2, 0.25) is 0 Å². The van der Waals surface area contributed by atoms with E-state index in [2.05, 4.69) is 5.32 Å². The second-order valence-corrected chi connectivity index (χ2v) is 5.89. The maximum Gasteiger partial charge on any atom is 0.251 e. The number of amides is 1. The van der Waals surface area contributed by atoms with Crippen LogP contribution in [0, 0.1) is 0 Å². The van der Waals surface area contributed by atoms with Crippen LogP contribution in [0.1, 0.15) is 17.3 Å². The minimum Gasteiger partial charge on any atom is -0.472 e. The fourth-order valence-corrected chi connectivity index (χ4v) is 2.71. The zero-order valence-electron chi connectivity index (χ0n) is 12.1. The molecule has 1 aromatic carbocycles. The zero-order valence-corrected chi connectivity index (χ0v) is 12.9. The quantitative estimate of drug-likeness (QED) is 0.861. The Bertz CT molecular complexity index is 579. The van der Waals surface area contributed by atoms with E-state index in [0.717, 1.165) is 11.1 Å². The van der Waals surface area contributed by atoms with Crippen molar-refractivity contribution >= 4 is 17.7 Å². The van der Waals surface area contributed by atoms with Crippen molar-refractivity contribution in [2.75, 3.05) is 12.9 Å². The summed E-state index contributed by atoms with van der Waals surface area (Å²) < 4.78 is 5.06. The molecule has 1 aromatic heterocycles. The van der Waals surface area contributed by atoms with Crippen molar-refractivity contribution in [3.05, 3.63) is 48.4 Å². The molecule has 2 atom stereocenters. The van der Waals surface area contributed by atoms with E-state index in [1.165, 1.54) is 11.8 Å². The van der Waals surface area contributed by atoms with Gasteiger partial charge in [-0.3, -0.25) is 4.79 Å². The van der Waals surface area contributed by atoms with E-state index >= 15 is 0 Å². The largest absolute Gasteiger partial charge is 0.472 e. The Kier molecular flexibility index (Phi) is 5.47. The first-order chi connectivity index (χ1) is 10.2. The van der Waals surface area contributed by atoms with Gasteiger partial charge >= 0.3 is 0 Å². The molecule has 0 radical (unpaired) electrons. The SMILES string of the molecule is CSC(CO)C(C)NC(=O)c1cccc(-c2ccoc2)c1. The molecule has 2 N–H and O–H groups in total. The molecule has 2 rings (SSSR count). The number of thioether (sulfide) groups is 1. The predicted molar refractivity (Wildman–Crippen MR) is 85.5 cm³/mol. The van der Waals surface area contributed by atoms with Gasteiger partial charge in [0.25, 0.3) is 5.91 Å². The number of furan rings is 1. The maximum absolute atomic E-state index is 12.3. The molecular formula is C16H19NO3S. The lowest BCUT2D eigenvalue weighted by atomic mass is 10.1. The topological polar surface area (TPSA) is 62.5 Å². The second kappa shape index (κ2) is 7.33. The molecule has 0 aliphatic heterocycles. The average Bonchev–Trinajstić information content (AvgIpc) is 3.03. The van der Waals surface area contributed by atoms with Gasteiger partial charge < -0.3 is 14.8 Å². The Balaban J connectivity index is 2.11. The second-order valence-electron chi connectivity index (χ2n) is 4.81. The smallest absolute Gasteiger partial charge is 0.251 e. The lowest BCUT2D eigenvalue weighted by Crippen LogP contribution is -2.41. The third-order valence-corrected chi connectivity index (χ3v) is 4.54. The molecule has 0 saturated heterocycles. The summed E-state index contributed by atoms with van der Waals surface area (Å²) in [7, 11) is 0. The molecule has 0 saturated carbocycles. The highest BCUT2D eigenvalue weighted by atomic mass is 32.2. The Labute approximate surface area is 128 Å². The van der Waals surface area contributed by atoms with Crippen molar-refractivity contribution in [1.29, 1.82) is 0 Å². The Hall–Kier alpha value is -1.72. The number of rotatable bonds is 6. The Morgan fingerprint density at radius 1 is 1.38 bits per heavy atom. The molecule has 1 heterocycles. The molecular weight excluding hydrogens is 286 g/mol. The molecule has 0 bridgehead atoms. The van der Waals surface area contributed by atoms with Crippen molar-refractivity contribution < 1.29 is 14.3 Å². The summed E-state index contributed by atoms with van der Waals surface area (Å²) in [6, 6.07) is 9.15. The Morgan fingerprint density at radius 2 is 2.19 bits per heavy atom. The summed E-state index contributed by atoms with van der Waals surface area (Å²) in [5.74, 6) is -0.139. The zero-order chi connectivity index (χ0) is 15.2. The molecule has 0 fully saturated rings. The van der Waals surface area contributed by atoms with Crippen LogP contribution in [-0.2, 0) is 0 Å². The van der Waals surface area contributed by atoms with Crippen LogP contribution in [-0.4, -0.2) is 35.2 Å². The highest BCUT2D eigenvalue weighted by molar-refractivity contribution is 7.99. The Morgan fingerprint density at radius 3 is 2.81 bits per heavy atom. The number of aliphatic hydroxyl groups excluding tert-OH is 1. The lowest BCUT2D eigenvalue weighted by molar-refractivity contribution is 0.0936. The minimum atomic E-state index is -0.139. The van der Waals surface area contributed by atoms with E-state index in [4.69, 9.17) is 4.42 Å². The molecule has 1 amide bonds. The van der Waals surface area contributed by atoms with E-state index in [-0.39, 0.29) is 23.8 Å². The number of carbonyl (C=O) groups is 1. The van der Waals surface area contributed by atoms with E-state index in [1.807, 2.05) is 37.4 Å². The van der Waals surface area contributed by atoms with Gasteiger partial charge in [-0.1, -0.05) is 12.1 Å². The summed E-state index contributed by atoms with van der Waals surface area (Å²) in [5.41, 5.74) is 2.47. The molecule has 5 heteroatoms. The van der Waals surface area contributed by atoms with Crippen LogP contribution in [0.4, 0.5) is 0 Å². The number of nitrogens with one attached hydrogen (secondary N) is 1. The molecule has 2 aromatic rings. The van der Waals surface area contributed by atoms with Gasteiger partial charge in [-0.25, -0.2) is 0 Å². The van der Waals surface area contributed by atoms with Crippen molar-refractivity contribution in [3.63, 3.8) is 0 Å². The monoisotopic (exact) mass is 305 g/mol. The summed E-state index contributed by atoms with van der Waals surface area (Å²) in [6.07, 6.45) is 5.17. The van der Waals surface area contributed by atoms with Crippen molar-refractivity contribution in [2.45, 2.75) is 18.2 Å². The van der Waals surface area contributed by atoms with Crippen LogP contribution in [0.5, 0.6) is 0 Å². The van der Waals surface area contributed by atoms with E-state index < -0.39 is 0 Å². The lowest BCUT2D eigenvalue weighted by Gasteiger charge is -2.21. The van der Waals surface area contributed by atoms with Crippen LogP contribution >= 0.6 is 11.8 Å². The average molecular weight is 305 g/mol. The highest BCUT2D eigenvalue weighted by Gasteiger charge is 2.18. The molecule has 0 aliphatic carbocycles. The van der Waals surface area contributed by atoms with Crippen LogP contribution < -0.4 is 5.32 Å². The van der Waals surface area contributed by atoms with Crippen LogP contribution in [0.25, 0.3) is 11.1 Å². The summed E-state index contributed by atoms with van der Waals surface area (Å²) >= 11 is 1.54. The first-order valence-corrected chi connectivity index (χ1v) is 8.01. The van der Waals surface area contributed by atoms with E-state index in [9.17, 15) is 9.90 Å². The number of aliphatic hydroxyl groups is 1. The number of carbonyl (C=O) groups excluding carboxylic acids is 1. The molecule has 112 valence electrons. The highest BCUT2D eigenvalue weighted by Crippen LogP contribution is 2.21. The molecule has 0 aliphatic rings. The fraction of sp³-hybridized carbons (Fsp3) is 0.312. The molecule has 4 nitrogen and oxygen atoms in total. The number of hydrogen-bond donors (Lipinski definition) is 2. The standard InChI is InChI=1S/C16H19NO3S/c1-11(15(9-18)21-2)17-16(19)13-5-3-4-12(8-13)14-6-7-20-10-14/h3-8,10-11,15,18H,9H2,1-2H3,(H,17,19). The summed E-state index contributed by atoms with van der Waals surface area (Å²) in [4.78, 5) is 12.3. The van der Waals surface area contributed by atoms with Crippen LogP contribution in [0.3, 0.4) is 0 Å². The van der Waals surface area contributed by atoms with Crippen LogP contribution in [0.15, 0.2) is 47.3 Å². The number of hydrogen-bond acceptors (Lipinski definition) is 4. The van der Waals surface area contributed by atoms with Gasteiger partial charge in [0, 0.05) is 22.4 Å². The van der Waals surface area contributed by atoms with Crippen molar-refractivity contribution in [2.24, 2.45) is 0 Å². The van der Waals surface area contributed by atoms with E-state index in [0.29, 0.717) is 5.56 Å². The van der Waals surface area contributed by atoms with Gasteiger partial charge in [0.05, 0.1) is 19.1 Å². The number of benzene rings is 1. The van der Waals surface area contributed by atoms with Crippen molar-refractivity contribution in [3.8, 4) is 11.1 Å². The minimum absolute atomic E-state index is 0.00833.